The van der Waals surface area contributed by atoms with Gasteiger partial charge >= 0.3 is 0 Å². The molecule has 9 heavy (non-hydrogen) atoms. The Labute approximate surface area is 56.1 Å². The molecular formula is C8H11N. The van der Waals surface area contributed by atoms with Crippen LogP contribution in [0.1, 0.15) is 6.92 Å². The molecule has 0 saturated heterocycles. The molecule has 0 aromatic rings. The van der Waals surface area contributed by atoms with E-state index in [1.165, 1.54) is 0 Å². The first-order valence-electron chi connectivity index (χ1n) is 2.68. The van der Waals surface area contributed by atoms with Crippen molar-refractivity contribution in [3.8, 4) is 0 Å². The van der Waals surface area contributed by atoms with E-state index in [1.54, 1.807) is 12.3 Å². The van der Waals surface area contributed by atoms with Gasteiger partial charge in [-0.25, -0.2) is 0 Å². The molecule has 0 unspecified atom stereocenters. The quantitative estimate of drug-likeness (QED) is 0.401. The molecule has 0 aliphatic rings. The Morgan fingerprint density at radius 1 is 1.44 bits per heavy atom. The molecule has 0 radical (unpaired) electrons. The van der Waals surface area contributed by atoms with Gasteiger partial charge in [0.25, 0.3) is 0 Å². The Hall–Kier alpha value is -1.11. The summed E-state index contributed by atoms with van der Waals surface area (Å²) in [6.45, 7) is 12.6. The molecule has 0 aromatic heterocycles. The maximum absolute atomic E-state index is 3.91. The van der Waals surface area contributed by atoms with Crippen molar-refractivity contribution in [1.29, 1.82) is 0 Å². The van der Waals surface area contributed by atoms with Crippen molar-refractivity contribution in [3.05, 3.63) is 37.1 Å². The zero-order valence-corrected chi connectivity index (χ0v) is 5.72. The SMILES string of the molecule is C=CC=NC(=C)C(=C)C. The molecule has 0 bridgehead atoms. The van der Waals surface area contributed by atoms with Gasteiger partial charge in [0, 0.05) is 6.21 Å². The van der Waals surface area contributed by atoms with Crippen molar-refractivity contribution in [2.24, 2.45) is 4.99 Å². The van der Waals surface area contributed by atoms with Gasteiger partial charge in [-0.15, -0.1) is 0 Å². The standard InChI is InChI=1S/C8H11N/c1-5-6-9-8(4)7(2)3/h5-6H,1-2,4H2,3H3. The van der Waals surface area contributed by atoms with Crippen molar-refractivity contribution < 1.29 is 0 Å². The van der Waals surface area contributed by atoms with Crippen LogP contribution < -0.4 is 0 Å². The van der Waals surface area contributed by atoms with Gasteiger partial charge in [0.05, 0.1) is 5.70 Å². The van der Waals surface area contributed by atoms with Gasteiger partial charge in [-0.1, -0.05) is 25.8 Å². The van der Waals surface area contributed by atoms with Crippen LogP contribution >= 0.6 is 0 Å². The van der Waals surface area contributed by atoms with E-state index in [1.807, 2.05) is 6.92 Å². The van der Waals surface area contributed by atoms with Crippen LogP contribution in [-0.4, -0.2) is 6.21 Å². The summed E-state index contributed by atoms with van der Waals surface area (Å²) in [5.41, 5.74) is 1.59. The van der Waals surface area contributed by atoms with E-state index in [9.17, 15) is 0 Å². The minimum absolute atomic E-state index is 0.704. The van der Waals surface area contributed by atoms with Crippen LogP contribution in [0.15, 0.2) is 42.1 Å². The van der Waals surface area contributed by atoms with Gasteiger partial charge in [-0.3, -0.25) is 4.99 Å². The Bertz CT molecular complexity index is 163. The Kier molecular flexibility index (Phi) is 3.37. The third kappa shape index (κ3) is 3.47. The van der Waals surface area contributed by atoms with Crippen molar-refractivity contribution in [3.63, 3.8) is 0 Å². The summed E-state index contributed by atoms with van der Waals surface area (Å²) in [7, 11) is 0. The fourth-order valence-electron chi connectivity index (χ4n) is 0.253. The predicted octanol–water partition coefficient (Wildman–Crippen LogP) is 2.33. The summed E-state index contributed by atoms with van der Waals surface area (Å²) in [6.07, 6.45) is 3.20. The van der Waals surface area contributed by atoms with E-state index in [2.05, 4.69) is 24.7 Å². The van der Waals surface area contributed by atoms with Crippen molar-refractivity contribution in [2.45, 2.75) is 6.92 Å². The van der Waals surface area contributed by atoms with Crippen LogP contribution in [0.25, 0.3) is 0 Å². The summed E-state index contributed by atoms with van der Waals surface area (Å²) in [6, 6.07) is 0. The molecule has 0 heterocycles. The number of rotatable bonds is 3. The second-order valence-corrected chi connectivity index (χ2v) is 1.74. The lowest BCUT2D eigenvalue weighted by Gasteiger charge is -1.92. The summed E-state index contributed by atoms with van der Waals surface area (Å²) >= 11 is 0. The monoisotopic (exact) mass is 121 g/mol. The summed E-state index contributed by atoms with van der Waals surface area (Å²) in [5.74, 6) is 0. The normalized spacial score (nSPS) is 9.44. The van der Waals surface area contributed by atoms with Crippen LogP contribution in [0.4, 0.5) is 0 Å². The Morgan fingerprint density at radius 3 is 2.33 bits per heavy atom. The second-order valence-electron chi connectivity index (χ2n) is 1.74. The molecule has 0 aromatic carbocycles. The first-order valence-corrected chi connectivity index (χ1v) is 2.68. The molecule has 1 nitrogen and oxygen atoms in total. The molecule has 0 rings (SSSR count). The zero-order valence-electron chi connectivity index (χ0n) is 5.72. The van der Waals surface area contributed by atoms with Crippen LogP contribution in [0.5, 0.6) is 0 Å². The Balaban J connectivity index is 3.92. The number of aliphatic imine (C=N–C) groups is 1. The molecule has 0 amide bonds. The lowest BCUT2D eigenvalue weighted by Crippen LogP contribution is -1.75. The van der Waals surface area contributed by atoms with Crippen molar-refractivity contribution in [1.82, 2.24) is 0 Å². The maximum Gasteiger partial charge on any atom is 0.0581 e. The van der Waals surface area contributed by atoms with Gasteiger partial charge < -0.3 is 0 Å². The van der Waals surface area contributed by atoms with E-state index in [0.717, 1.165) is 5.57 Å². The van der Waals surface area contributed by atoms with E-state index in [4.69, 9.17) is 0 Å². The maximum atomic E-state index is 3.91. The van der Waals surface area contributed by atoms with E-state index in [-0.39, 0.29) is 0 Å². The van der Waals surface area contributed by atoms with Gasteiger partial charge in [0.2, 0.25) is 0 Å². The highest BCUT2D eigenvalue weighted by molar-refractivity contribution is 5.71. The van der Waals surface area contributed by atoms with Gasteiger partial charge in [-0.05, 0) is 12.5 Å². The highest BCUT2D eigenvalue weighted by Gasteiger charge is 1.84. The van der Waals surface area contributed by atoms with Crippen LogP contribution in [0, 0.1) is 0 Å². The Morgan fingerprint density at radius 2 is 2.00 bits per heavy atom. The lowest BCUT2D eigenvalue weighted by atomic mass is 10.3. The molecular weight excluding hydrogens is 110 g/mol. The second kappa shape index (κ2) is 3.84. The van der Waals surface area contributed by atoms with E-state index >= 15 is 0 Å². The largest absolute Gasteiger partial charge is 0.257 e. The fraction of sp³-hybridized carbons (Fsp3) is 0.125. The highest BCUT2D eigenvalue weighted by atomic mass is 14.7. The van der Waals surface area contributed by atoms with Gasteiger partial charge in [-0.2, -0.15) is 0 Å². The molecule has 0 saturated carbocycles. The molecule has 0 atom stereocenters. The fourth-order valence-corrected chi connectivity index (χ4v) is 0.253. The number of allylic oxidation sites excluding steroid dienone is 2. The first kappa shape index (κ1) is 7.89. The third-order valence-corrected chi connectivity index (χ3v) is 0.828. The number of hydrogen-bond donors (Lipinski definition) is 0. The predicted molar refractivity (Wildman–Crippen MR) is 42.6 cm³/mol. The number of nitrogens with zero attached hydrogens (tertiary/aromatic N) is 1. The average Bonchev–Trinajstić information content (AvgIpc) is 1.82. The minimum atomic E-state index is 0.704. The minimum Gasteiger partial charge on any atom is -0.257 e. The zero-order chi connectivity index (χ0) is 7.28. The first-order chi connectivity index (χ1) is 4.18. The molecule has 48 valence electrons. The highest BCUT2D eigenvalue weighted by Crippen LogP contribution is 2.02. The topological polar surface area (TPSA) is 12.4 Å². The molecule has 0 aliphatic heterocycles. The van der Waals surface area contributed by atoms with E-state index < -0.39 is 0 Å². The summed E-state index contributed by atoms with van der Waals surface area (Å²) < 4.78 is 0. The molecule has 0 N–H and O–H groups in total. The molecule has 1 heteroatoms. The molecule has 0 fully saturated rings. The lowest BCUT2D eigenvalue weighted by molar-refractivity contribution is 1.33. The summed E-state index contributed by atoms with van der Waals surface area (Å²) in [4.78, 5) is 3.91. The average molecular weight is 121 g/mol. The van der Waals surface area contributed by atoms with Crippen molar-refractivity contribution >= 4 is 6.21 Å². The smallest absolute Gasteiger partial charge is 0.0581 e. The number of hydrogen-bond acceptors (Lipinski definition) is 1. The van der Waals surface area contributed by atoms with Crippen LogP contribution in [0.3, 0.4) is 0 Å². The molecule has 0 aliphatic carbocycles. The van der Waals surface area contributed by atoms with E-state index in [0.29, 0.717) is 5.70 Å². The van der Waals surface area contributed by atoms with Crippen molar-refractivity contribution in [2.75, 3.05) is 0 Å². The van der Waals surface area contributed by atoms with Crippen LogP contribution in [0.2, 0.25) is 0 Å². The van der Waals surface area contributed by atoms with Gasteiger partial charge in [0.15, 0.2) is 0 Å². The van der Waals surface area contributed by atoms with Gasteiger partial charge in [0.1, 0.15) is 0 Å². The summed E-state index contributed by atoms with van der Waals surface area (Å²) in [5, 5.41) is 0. The molecule has 0 spiro atoms. The van der Waals surface area contributed by atoms with Crippen LogP contribution in [-0.2, 0) is 0 Å². The third-order valence-electron chi connectivity index (χ3n) is 0.828.